The second-order valence-corrected chi connectivity index (χ2v) is 8.23. The summed E-state index contributed by atoms with van der Waals surface area (Å²) < 4.78 is 69.2. The fourth-order valence-corrected chi connectivity index (χ4v) is 4.11. The van der Waals surface area contributed by atoms with Gasteiger partial charge in [-0.05, 0) is 23.8 Å². The van der Waals surface area contributed by atoms with E-state index >= 15 is 0 Å². The Morgan fingerprint density at radius 1 is 1.19 bits per heavy atom. The second-order valence-electron chi connectivity index (χ2n) is 5.82. The smallest absolute Gasteiger partial charge is 0.416 e. The summed E-state index contributed by atoms with van der Waals surface area (Å²) in [5.74, 6) is -0.363. The van der Waals surface area contributed by atoms with Crippen LogP contribution in [0.15, 0.2) is 42.6 Å². The number of alkyl halides is 3. The third kappa shape index (κ3) is 4.46. The van der Waals surface area contributed by atoms with E-state index < -0.39 is 27.9 Å². The maximum absolute atomic E-state index is 12.7. The molecule has 1 aromatic heterocycles. The third-order valence-corrected chi connectivity index (χ3v) is 5.85. The van der Waals surface area contributed by atoms with Gasteiger partial charge in [0.25, 0.3) is 0 Å². The molecule has 140 valence electrons. The Morgan fingerprint density at radius 3 is 2.46 bits per heavy atom. The molecular weight excluding hydrogens is 393 g/mol. The molecule has 26 heavy (non-hydrogen) atoms. The number of hydrogen-bond donors (Lipinski definition) is 0. The predicted octanol–water partition coefficient (Wildman–Crippen LogP) is 3.35. The predicted molar refractivity (Wildman–Crippen MR) is 89.3 cm³/mol. The number of ether oxygens (including phenoxy) is 1. The molecule has 0 atom stereocenters. The molecule has 10 heteroatoms. The first kappa shape index (κ1) is 18.9. The van der Waals surface area contributed by atoms with Gasteiger partial charge in [0, 0.05) is 17.3 Å². The number of nitrogens with zero attached hydrogens (tertiary/aromatic N) is 2. The Hall–Kier alpha value is -1.84. The van der Waals surface area contributed by atoms with Gasteiger partial charge in [-0.25, -0.2) is 13.4 Å². The van der Waals surface area contributed by atoms with E-state index in [9.17, 15) is 21.6 Å². The molecule has 0 saturated carbocycles. The summed E-state index contributed by atoms with van der Waals surface area (Å²) in [7, 11) is -3.54. The molecule has 1 fully saturated rings. The zero-order valence-corrected chi connectivity index (χ0v) is 14.9. The van der Waals surface area contributed by atoms with Crippen LogP contribution in [0, 0.1) is 0 Å². The van der Waals surface area contributed by atoms with Crippen LogP contribution in [0.1, 0.15) is 11.1 Å². The minimum atomic E-state index is -4.49. The molecule has 0 spiro atoms. The molecule has 0 aliphatic carbocycles. The van der Waals surface area contributed by atoms with Gasteiger partial charge >= 0.3 is 6.18 Å². The van der Waals surface area contributed by atoms with E-state index in [1.54, 1.807) is 24.3 Å². The minimum Gasteiger partial charge on any atom is -0.472 e. The average Bonchev–Trinajstić information content (AvgIpc) is 2.52. The highest BCUT2D eigenvalue weighted by Gasteiger charge is 2.38. The van der Waals surface area contributed by atoms with E-state index in [0.717, 1.165) is 18.3 Å². The van der Waals surface area contributed by atoms with E-state index in [0.29, 0.717) is 10.6 Å². The molecule has 1 aliphatic rings. The number of hydrogen-bond acceptors (Lipinski definition) is 4. The number of pyridine rings is 1. The van der Waals surface area contributed by atoms with E-state index in [2.05, 4.69) is 4.98 Å². The second kappa shape index (κ2) is 7.05. The highest BCUT2D eigenvalue weighted by Crippen LogP contribution is 2.31. The van der Waals surface area contributed by atoms with Crippen LogP contribution in [0.25, 0.3) is 0 Å². The normalized spacial score (nSPS) is 16.3. The monoisotopic (exact) mass is 406 g/mol. The Balaban J connectivity index is 1.57. The van der Waals surface area contributed by atoms with E-state index in [1.807, 2.05) is 0 Å². The molecule has 3 rings (SSSR count). The molecule has 0 unspecified atom stereocenters. The Labute approximate surface area is 153 Å². The lowest BCUT2D eigenvalue weighted by Gasteiger charge is -2.37. The van der Waals surface area contributed by atoms with Crippen molar-refractivity contribution in [1.29, 1.82) is 0 Å². The molecule has 1 saturated heterocycles. The fourth-order valence-electron chi connectivity index (χ4n) is 2.41. The van der Waals surface area contributed by atoms with E-state index in [-0.39, 0.29) is 24.7 Å². The first-order valence-electron chi connectivity index (χ1n) is 7.56. The Morgan fingerprint density at radius 2 is 1.85 bits per heavy atom. The third-order valence-electron chi connectivity index (χ3n) is 3.82. The van der Waals surface area contributed by atoms with Gasteiger partial charge in [-0.2, -0.15) is 17.5 Å². The first-order valence-corrected chi connectivity index (χ1v) is 9.54. The number of rotatable bonds is 5. The fraction of sp³-hybridized carbons (Fsp3) is 0.312. The molecule has 2 heterocycles. The lowest BCUT2D eigenvalue weighted by molar-refractivity contribution is -0.137. The molecule has 1 aromatic carbocycles. The first-order chi connectivity index (χ1) is 12.1. The topological polar surface area (TPSA) is 59.5 Å². The van der Waals surface area contributed by atoms with Crippen molar-refractivity contribution in [3.63, 3.8) is 0 Å². The maximum atomic E-state index is 12.7. The Kier molecular flexibility index (Phi) is 5.14. The molecule has 2 aromatic rings. The highest BCUT2D eigenvalue weighted by atomic mass is 35.5. The standard InChI is InChI=1S/C16H14ClF3N2O3S/c17-13-3-1-11(2-4-13)10-26(23,24)22-8-14(9-22)25-15-7-12(5-6-21-15)16(18,19)20/h1-7,14H,8-10H2. The summed E-state index contributed by atoms with van der Waals surface area (Å²) >= 11 is 5.77. The summed E-state index contributed by atoms with van der Waals surface area (Å²) in [6, 6.07) is 8.10. The molecule has 1 aliphatic heterocycles. The number of benzene rings is 1. The van der Waals surface area contributed by atoms with Crippen molar-refractivity contribution in [2.45, 2.75) is 18.0 Å². The van der Waals surface area contributed by atoms with Gasteiger partial charge < -0.3 is 4.74 Å². The Bertz CT molecular complexity index is 882. The van der Waals surface area contributed by atoms with Crippen molar-refractivity contribution in [2.75, 3.05) is 13.1 Å². The van der Waals surface area contributed by atoms with Gasteiger partial charge in [-0.15, -0.1) is 0 Å². The van der Waals surface area contributed by atoms with Crippen molar-refractivity contribution in [1.82, 2.24) is 9.29 Å². The van der Waals surface area contributed by atoms with Gasteiger partial charge in [0.05, 0.1) is 24.4 Å². The zero-order valence-electron chi connectivity index (χ0n) is 13.3. The summed E-state index contributed by atoms with van der Waals surface area (Å²) in [6.07, 6.45) is -4.02. The van der Waals surface area contributed by atoms with Crippen LogP contribution in [0.3, 0.4) is 0 Å². The summed E-state index contributed by atoms with van der Waals surface area (Å²) in [4.78, 5) is 3.74. The maximum Gasteiger partial charge on any atom is 0.416 e. The molecule has 0 bridgehead atoms. The van der Waals surface area contributed by atoms with Crippen molar-refractivity contribution in [2.24, 2.45) is 0 Å². The van der Waals surface area contributed by atoms with Crippen LogP contribution in [-0.4, -0.2) is 36.9 Å². The lowest BCUT2D eigenvalue weighted by atomic mass is 10.2. The highest BCUT2D eigenvalue weighted by molar-refractivity contribution is 7.88. The van der Waals surface area contributed by atoms with E-state index in [1.165, 1.54) is 4.31 Å². The van der Waals surface area contributed by atoms with Crippen LogP contribution in [-0.2, 0) is 22.0 Å². The van der Waals surface area contributed by atoms with Gasteiger partial charge in [0.2, 0.25) is 15.9 Å². The largest absolute Gasteiger partial charge is 0.472 e. The summed E-state index contributed by atoms with van der Waals surface area (Å²) in [5.41, 5.74) is -0.271. The van der Waals surface area contributed by atoms with E-state index in [4.69, 9.17) is 16.3 Å². The van der Waals surface area contributed by atoms with Crippen LogP contribution in [0.4, 0.5) is 13.2 Å². The number of sulfonamides is 1. The number of aromatic nitrogens is 1. The van der Waals surface area contributed by atoms with Crippen LogP contribution < -0.4 is 4.74 Å². The number of halogens is 4. The van der Waals surface area contributed by atoms with Crippen LogP contribution in [0.5, 0.6) is 5.88 Å². The van der Waals surface area contributed by atoms with Gasteiger partial charge in [-0.3, -0.25) is 0 Å². The van der Waals surface area contributed by atoms with Gasteiger partial charge in [0.1, 0.15) is 6.10 Å². The van der Waals surface area contributed by atoms with Crippen LogP contribution in [0.2, 0.25) is 5.02 Å². The molecule has 0 radical (unpaired) electrons. The average molecular weight is 407 g/mol. The van der Waals surface area contributed by atoms with Gasteiger partial charge in [-0.1, -0.05) is 23.7 Å². The summed E-state index contributed by atoms with van der Waals surface area (Å²) in [6.45, 7) is 0.127. The zero-order chi connectivity index (χ0) is 18.9. The van der Waals surface area contributed by atoms with Crippen LogP contribution >= 0.6 is 11.6 Å². The van der Waals surface area contributed by atoms with Crippen molar-refractivity contribution < 1.29 is 26.3 Å². The SMILES string of the molecule is O=S(=O)(Cc1ccc(Cl)cc1)N1CC(Oc2cc(C(F)(F)F)ccn2)C1. The molecular formula is C16H14ClF3N2O3S. The van der Waals surface area contributed by atoms with Crippen molar-refractivity contribution >= 4 is 21.6 Å². The lowest BCUT2D eigenvalue weighted by Crippen LogP contribution is -2.56. The quantitative estimate of drug-likeness (QED) is 0.764. The van der Waals surface area contributed by atoms with Crippen molar-refractivity contribution in [3.05, 3.63) is 58.7 Å². The van der Waals surface area contributed by atoms with Gasteiger partial charge in [0.15, 0.2) is 0 Å². The summed E-state index contributed by atoms with van der Waals surface area (Å²) in [5, 5.41) is 0.511. The molecule has 0 amide bonds. The minimum absolute atomic E-state index is 0.0633. The van der Waals surface area contributed by atoms with Crippen molar-refractivity contribution in [3.8, 4) is 5.88 Å². The molecule has 0 N–H and O–H groups in total. The molecule has 5 nitrogen and oxygen atoms in total.